The van der Waals surface area contributed by atoms with Crippen LogP contribution in [0, 0.1) is 0 Å². The standard InChI is InChI=1S/C16H20BrN3/c1-12(20-9-2-3-10-20)11-19-16-14-5-4-6-15(17)13(14)7-8-18-16/h4-8,12H,2-3,9-11H2,1H3,(H,18,19). The number of nitrogens with zero attached hydrogens (tertiary/aromatic N) is 2. The summed E-state index contributed by atoms with van der Waals surface area (Å²) in [5, 5.41) is 5.90. The molecule has 3 rings (SSSR count). The van der Waals surface area contributed by atoms with Gasteiger partial charge in [0, 0.05) is 34.0 Å². The molecule has 1 atom stereocenters. The average molecular weight is 334 g/mol. The molecular formula is C16H20BrN3. The Hall–Kier alpha value is -1.13. The van der Waals surface area contributed by atoms with Crippen LogP contribution in [0.15, 0.2) is 34.9 Å². The van der Waals surface area contributed by atoms with Gasteiger partial charge in [-0.15, -0.1) is 0 Å². The molecule has 1 fully saturated rings. The van der Waals surface area contributed by atoms with Gasteiger partial charge in [0.2, 0.25) is 0 Å². The minimum atomic E-state index is 0.557. The van der Waals surface area contributed by atoms with Crippen LogP contribution in [-0.2, 0) is 0 Å². The van der Waals surface area contributed by atoms with Crippen LogP contribution < -0.4 is 5.32 Å². The fourth-order valence-corrected chi connectivity index (χ4v) is 3.36. The topological polar surface area (TPSA) is 28.2 Å². The summed E-state index contributed by atoms with van der Waals surface area (Å²) in [7, 11) is 0. The highest BCUT2D eigenvalue weighted by atomic mass is 79.9. The number of hydrogen-bond donors (Lipinski definition) is 1. The Morgan fingerprint density at radius 1 is 1.25 bits per heavy atom. The van der Waals surface area contributed by atoms with E-state index in [1.807, 2.05) is 6.20 Å². The molecule has 1 aromatic heterocycles. The van der Waals surface area contributed by atoms with Crippen molar-refractivity contribution >= 4 is 32.5 Å². The van der Waals surface area contributed by atoms with Gasteiger partial charge in [0.05, 0.1) is 0 Å². The van der Waals surface area contributed by atoms with Crippen LogP contribution in [0.2, 0.25) is 0 Å². The summed E-state index contributed by atoms with van der Waals surface area (Å²) in [6.07, 6.45) is 4.55. The first-order valence-corrected chi connectivity index (χ1v) is 8.06. The normalized spacial score (nSPS) is 17.5. The Kier molecular flexibility index (Phi) is 4.22. The number of rotatable bonds is 4. The van der Waals surface area contributed by atoms with Crippen molar-refractivity contribution in [2.45, 2.75) is 25.8 Å². The van der Waals surface area contributed by atoms with Gasteiger partial charge < -0.3 is 5.32 Å². The second-order valence-electron chi connectivity index (χ2n) is 5.47. The Morgan fingerprint density at radius 2 is 2.05 bits per heavy atom. The highest BCUT2D eigenvalue weighted by Crippen LogP contribution is 2.27. The van der Waals surface area contributed by atoms with Gasteiger partial charge in [-0.25, -0.2) is 4.98 Å². The molecule has 0 bridgehead atoms. The molecule has 0 saturated carbocycles. The Bertz CT molecular complexity index is 593. The van der Waals surface area contributed by atoms with E-state index in [4.69, 9.17) is 0 Å². The minimum Gasteiger partial charge on any atom is -0.368 e. The summed E-state index contributed by atoms with van der Waals surface area (Å²) in [4.78, 5) is 7.05. The zero-order chi connectivity index (χ0) is 13.9. The summed E-state index contributed by atoms with van der Waals surface area (Å²) in [5.74, 6) is 0.981. The molecule has 1 aromatic carbocycles. The molecule has 0 amide bonds. The van der Waals surface area contributed by atoms with Crippen molar-refractivity contribution in [3.63, 3.8) is 0 Å². The van der Waals surface area contributed by atoms with Crippen molar-refractivity contribution in [3.05, 3.63) is 34.9 Å². The molecule has 0 spiro atoms. The van der Waals surface area contributed by atoms with Crippen LogP contribution in [-0.4, -0.2) is 35.6 Å². The highest BCUT2D eigenvalue weighted by molar-refractivity contribution is 9.10. The van der Waals surface area contributed by atoms with E-state index in [2.05, 4.69) is 62.3 Å². The number of aromatic nitrogens is 1. The number of fused-ring (bicyclic) bond motifs is 1. The van der Waals surface area contributed by atoms with Crippen molar-refractivity contribution < 1.29 is 0 Å². The van der Waals surface area contributed by atoms with E-state index in [-0.39, 0.29) is 0 Å². The molecule has 106 valence electrons. The number of anilines is 1. The van der Waals surface area contributed by atoms with E-state index in [1.165, 1.54) is 36.7 Å². The number of nitrogens with one attached hydrogen (secondary N) is 1. The lowest BCUT2D eigenvalue weighted by molar-refractivity contribution is 0.269. The van der Waals surface area contributed by atoms with Crippen molar-refractivity contribution in [2.24, 2.45) is 0 Å². The summed E-state index contributed by atoms with van der Waals surface area (Å²) < 4.78 is 1.12. The quantitative estimate of drug-likeness (QED) is 0.919. The smallest absolute Gasteiger partial charge is 0.133 e. The third-order valence-electron chi connectivity index (χ3n) is 4.08. The van der Waals surface area contributed by atoms with Crippen LogP contribution in [0.4, 0.5) is 5.82 Å². The molecule has 2 heterocycles. The Balaban J connectivity index is 1.75. The van der Waals surface area contributed by atoms with E-state index in [0.717, 1.165) is 16.8 Å². The Labute approximate surface area is 128 Å². The number of benzene rings is 1. The van der Waals surface area contributed by atoms with Gasteiger partial charge in [-0.3, -0.25) is 4.90 Å². The largest absolute Gasteiger partial charge is 0.368 e. The maximum Gasteiger partial charge on any atom is 0.133 e. The monoisotopic (exact) mass is 333 g/mol. The zero-order valence-corrected chi connectivity index (χ0v) is 13.4. The summed E-state index contributed by atoms with van der Waals surface area (Å²) in [6.45, 7) is 5.70. The highest BCUT2D eigenvalue weighted by Gasteiger charge is 2.17. The lowest BCUT2D eigenvalue weighted by Gasteiger charge is -2.24. The second-order valence-corrected chi connectivity index (χ2v) is 6.32. The van der Waals surface area contributed by atoms with Gasteiger partial charge in [0.15, 0.2) is 0 Å². The molecule has 4 heteroatoms. The molecule has 1 aliphatic heterocycles. The first kappa shape index (κ1) is 13.8. The summed E-state index contributed by atoms with van der Waals surface area (Å²) in [6, 6.07) is 8.86. The van der Waals surface area contributed by atoms with Crippen LogP contribution in [0.5, 0.6) is 0 Å². The van der Waals surface area contributed by atoms with Crippen LogP contribution in [0.25, 0.3) is 10.8 Å². The molecule has 1 N–H and O–H groups in total. The lowest BCUT2D eigenvalue weighted by atomic mass is 10.1. The van der Waals surface area contributed by atoms with Crippen LogP contribution in [0.1, 0.15) is 19.8 Å². The van der Waals surface area contributed by atoms with Gasteiger partial charge in [-0.05, 0) is 45.0 Å². The van der Waals surface area contributed by atoms with Crippen molar-refractivity contribution in [3.8, 4) is 0 Å². The zero-order valence-electron chi connectivity index (χ0n) is 11.8. The van der Waals surface area contributed by atoms with E-state index in [9.17, 15) is 0 Å². The SMILES string of the molecule is CC(CNc1nccc2c(Br)cccc12)N1CCCC1. The van der Waals surface area contributed by atoms with Crippen LogP contribution >= 0.6 is 15.9 Å². The third kappa shape index (κ3) is 2.81. The third-order valence-corrected chi connectivity index (χ3v) is 4.77. The van der Waals surface area contributed by atoms with Crippen molar-refractivity contribution in [1.29, 1.82) is 0 Å². The Morgan fingerprint density at radius 3 is 2.85 bits per heavy atom. The maximum atomic E-state index is 4.50. The minimum absolute atomic E-state index is 0.557. The fraction of sp³-hybridized carbons (Fsp3) is 0.438. The van der Waals surface area contributed by atoms with E-state index in [1.54, 1.807) is 0 Å². The second kappa shape index (κ2) is 6.10. The van der Waals surface area contributed by atoms with Gasteiger partial charge in [0.1, 0.15) is 5.82 Å². The first-order valence-electron chi connectivity index (χ1n) is 7.27. The number of pyridine rings is 1. The van der Waals surface area contributed by atoms with E-state index < -0.39 is 0 Å². The summed E-state index contributed by atoms with van der Waals surface area (Å²) >= 11 is 3.60. The van der Waals surface area contributed by atoms with Gasteiger partial charge in [-0.1, -0.05) is 28.1 Å². The maximum absolute atomic E-state index is 4.50. The van der Waals surface area contributed by atoms with E-state index in [0.29, 0.717) is 6.04 Å². The van der Waals surface area contributed by atoms with Gasteiger partial charge in [-0.2, -0.15) is 0 Å². The van der Waals surface area contributed by atoms with Gasteiger partial charge >= 0.3 is 0 Å². The lowest BCUT2D eigenvalue weighted by Crippen LogP contribution is -2.35. The predicted octanol–water partition coefficient (Wildman–Crippen LogP) is 3.89. The molecule has 1 saturated heterocycles. The molecule has 20 heavy (non-hydrogen) atoms. The molecule has 2 aromatic rings. The molecule has 1 aliphatic rings. The number of hydrogen-bond acceptors (Lipinski definition) is 3. The fourth-order valence-electron chi connectivity index (χ4n) is 2.87. The predicted molar refractivity (Wildman–Crippen MR) is 88.2 cm³/mol. The number of likely N-dealkylation sites (tertiary alicyclic amines) is 1. The van der Waals surface area contributed by atoms with Crippen LogP contribution in [0.3, 0.4) is 0 Å². The van der Waals surface area contributed by atoms with E-state index >= 15 is 0 Å². The van der Waals surface area contributed by atoms with Crippen molar-refractivity contribution in [2.75, 3.05) is 25.0 Å². The summed E-state index contributed by atoms with van der Waals surface area (Å²) in [5.41, 5.74) is 0. The molecular weight excluding hydrogens is 314 g/mol. The molecule has 3 nitrogen and oxygen atoms in total. The first-order chi connectivity index (χ1) is 9.75. The molecule has 0 aliphatic carbocycles. The molecule has 0 radical (unpaired) electrons. The average Bonchev–Trinajstić information content (AvgIpc) is 2.99. The number of halogens is 1. The van der Waals surface area contributed by atoms with Gasteiger partial charge in [0.25, 0.3) is 0 Å². The van der Waals surface area contributed by atoms with Crippen molar-refractivity contribution in [1.82, 2.24) is 9.88 Å². The molecule has 1 unspecified atom stereocenters.